The third-order valence-electron chi connectivity index (χ3n) is 9.48. The molecule has 0 aliphatic carbocycles. The van der Waals surface area contributed by atoms with E-state index in [0.717, 1.165) is 66.7 Å². The summed E-state index contributed by atoms with van der Waals surface area (Å²) >= 11 is 0. The van der Waals surface area contributed by atoms with E-state index >= 15 is 0 Å². The molecule has 9 aromatic rings. The lowest BCUT2D eigenvalue weighted by atomic mass is 10.0. The maximum Gasteiger partial charge on any atom is 0.159 e. The Kier molecular flexibility index (Phi) is 6.18. The molecule has 6 aromatic carbocycles. The summed E-state index contributed by atoms with van der Waals surface area (Å²) in [5.41, 5.74) is 11.0. The fraction of sp³-hybridized carbons (Fsp3) is 0.0909. The lowest BCUT2D eigenvalue weighted by Crippen LogP contribution is -2.21. The smallest absolute Gasteiger partial charge is 0.159 e. The fourth-order valence-electron chi connectivity index (χ4n) is 7.41. The molecular weight excluding hydrogens is 588 g/mol. The molecule has 0 aliphatic heterocycles. The van der Waals surface area contributed by atoms with Crippen LogP contribution in [0.5, 0.6) is 0 Å². The van der Waals surface area contributed by atoms with Crippen molar-refractivity contribution in [2.24, 2.45) is 0 Å². The van der Waals surface area contributed by atoms with Gasteiger partial charge in [0.05, 0.1) is 17.6 Å². The van der Waals surface area contributed by atoms with E-state index in [9.17, 15) is 0 Å². The molecule has 0 bridgehead atoms. The summed E-state index contributed by atoms with van der Waals surface area (Å²) in [7, 11) is 0. The zero-order chi connectivity index (χ0) is 32.6. The van der Waals surface area contributed by atoms with Crippen molar-refractivity contribution in [1.82, 2.24) is 4.57 Å². The number of hydrogen-bond acceptors (Lipinski definition) is 3. The van der Waals surface area contributed by atoms with E-state index in [1.54, 1.807) is 6.26 Å². The molecule has 0 N–H and O–H groups in total. The van der Waals surface area contributed by atoms with Crippen molar-refractivity contribution >= 4 is 77.9 Å². The molecule has 0 saturated carbocycles. The van der Waals surface area contributed by atoms with Crippen LogP contribution in [0.3, 0.4) is 0 Å². The lowest BCUT2D eigenvalue weighted by molar-refractivity contribution is 0.423. The van der Waals surface area contributed by atoms with Gasteiger partial charge in [0.1, 0.15) is 5.58 Å². The second kappa shape index (κ2) is 10.5. The van der Waals surface area contributed by atoms with Crippen LogP contribution in [0.4, 0.5) is 17.1 Å². The predicted octanol–water partition coefficient (Wildman–Crippen LogP) is 13.0. The summed E-state index contributed by atoms with van der Waals surface area (Å²) in [5, 5.41) is 5.70. The standard InChI is InChI=1S/C44H34N2O2/c1-5-28-27-47-42-32(28)17-11-20-39(42)45(40-21-12-18-35-34-16-7-9-22-41(34)48-43(35)40)31-14-10-13-29(25-31)30-23-24-38-36(26-30)33-15-6-8-19-37(33)46(38)44(2,3)4/h5-27H,1H2,2-4H3. The maximum absolute atomic E-state index is 6.59. The molecule has 3 aromatic heterocycles. The molecule has 0 fully saturated rings. The average Bonchev–Trinajstić information content (AvgIpc) is 3.80. The van der Waals surface area contributed by atoms with Crippen LogP contribution in [0.2, 0.25) is 0 Å². The monoisotopic (exact) mass is 622 g/mol. The second-order valence-corrected chi connectivity index (χ2v) is 13.4. The molecule has 0 radical (unpaired) electrons. The number of furan rings is 2. The van der Waals surface area contributed by atoms with Crippen molar-refractivity contribution < 1.29 is 8.83 Å². The van der Waals surface area contributed by atoms with Crippen LogP contribution in [-0.4, -0.2) is 4.57 Å². The Bertz CT molecular complexity index is 2700. The predicted molar refractivity (Wildman–Crippen MR) is 202 cm³/mol. The highest BCUT2D eigenvalue weighted by Gasteiger charge is 2.24. The molecule has 0 amide bonds. The quantitative estimate of drug-likeness (QED) is 0.191. The van der Waals surface area contributed by atoms with E-state index < -0.39 is 0 Å². The minimum atomic E-state index is -0.0563. The zero-order valence-electron chi connectivity index (χ0n) is 27.2. The van der Waals surface area contributed by atoms with Gasteiger partial charge in [-0.05, 0) is 80.4 Å². The number of benzene rings is 6. The van der Waals surface area contributed by atoms with Crippen LogP contribution >= 0.6 is 0 Å². The van der Waals surface area contributed by atoms with Crippen LogP contribution in [0.1, 0.15) is 26.3 Å². The van der Waals surface area contributed by atoms with Gasteiger partial charge in [-0.25, -0.2) is 0 Å². The number of rotatable bonds is 5. The van der Waals surface area contributed by atoms with Crippen molar-refractivity contribution in [2.75, 3.05) is 4.90 Å². The van der Waals surface area contributed by atoms with Gasteiger partial charge in [0.25, 0.3) is 0 Å². The summed E-state index contributed by atoms with van der Waals surface area (Å²) in [6.07, 6.45) is 3.62. The lowest BCUT2D eigenvalue weighted by Gasteiger charge is -2.26. The van der Waals surface area contributed by atoms with Gasteiger partial charge in [0.15, 0.2) is 11.2 Å². The molecule has 9 rings (SSSR count). The average molecular weight is 623 g/mol. The van der Waals surface area contributed by atoms with Crippen molar-refractivity contribution in [3.63, 3.8) is 0 Å². The Hall–Kier alpha value is -6.00. The number of hydrogen-bond donors (Lipinski definition) is 0. The first kappa shape index (κ1) is 28.2. The molecule has 0 aliphatic rings. The van der Waals surface area contributed by atoms with Gasteiger partial charge in [-0.1, -0.05) is 91.5 Å². The fourth-order valence-corrected chi connectivity index (χ4v) is 7.41. The van der Waals surface area contributed by atoms with E-state index in [2.05, 4.69) is 152 Å². The highest BCUT2D eigenvalue weighted by Crippen LogP contribution is 2.46. The summed E-state index contributed by atoms with van der Waals surface area (Å²) in [6, 6.07) is 45.2. The molecule has 0 atom stereocenters. The number of fused-ring (bicyclic) bond motifs is 7. The summed E-state index contributed by atoms with van der Waals surface area (Å²) in [4.78, 5) is 2.26. The van der Waals surface area contributed by atoms with E-state index in [1.807, 2.05) is 18.2 Å². The molecule has 0 spiro atoms. The van der Waals surface area contributed by atoms with Crippen LogP contribution in [0.25, 0.3) is 71.9 Å². The van der Waals surface area contributed by atoms with Gasteiger partial charge in [0.2, 0.25) is 0 Å². The van der Waals surface area contributed by atoms with Crippen LogP contribution in [0, 0.1) is 0 Å². The Labute approximate surface area is 278 Å². The second-order valence-electron chi connectivity index (χ2n) is 13.4. The minimum absolute atomic E-state index is 0.0563. The highest BCUT2D eigenvalue weighted by molar-refractivity contribution is 6.12. The van der Waals surface area contributed by atoms with Gasteiger partial charge in [-0.2, -0.15) is 0 Å². The molecule has 4 heteroatoms. The molecule has 0 unspecified atom stereocenters. The summed E-state index contributed by atoms with van der Waals surface area (Å²) < 4.78 is 15.3. The van der Waals surface area contributed by atoms with Gasteiger partial charge in [-0.3, -0.25) is 0 Å². The van der Waals surface area contributed by atoms with Gasteiger partial charge < -0.3 is 18.3 Å². The SMILES string of the molecule is C=Cc1coc2c(N(c3cccc(-c4ccc5c(c4)c4ccccc4n5C(C)(C)C)c3)c3cccc4c3oc3ccccc34)cccc12. The van der Waals surface area contributed by atoms with Crippen molar-refractivity contribution in [3.8, 4) is 11.1 Å². The first-order valence-electron chi connectivity index (χ1n) is 16.4. The molecule has 0 saturated heterocycles. The van der Waals surface area contributed by atoms with E-state index in [-0.39, 0.29) is 5.54 Å². The van der Waals surface area contributed by atoms with Crippen molar-refractivity contribution in [2.45, 2.75) is 26.3 Å². The number of aromatic nitrogens is 1. The van der Waals surface area contributed by atoms with Gasteiger partial charge in [0, 0.05) is 54.8 Å². The van der Waals surface area contributed by atoms with Crippen molar-refractivity contribution in [1.29, 1.82) is 0 Å². The molecule has 48 heavy (non-hydrogen) atoms. The van der Waals surface area contributed by atoms with E-state index in [0.29, 0.717) is 0 Å². The third-order valence-corrected chi connectivity index (χ3v) is 9.48. The summed E-state index contributed by atoms with van der Waals surface area (Å²) in [6.45, 7) is 10.8. The summed E-state index contributed by atoms with van der Waals surface area (Å²) in [5.74, 6) is 0. The van der Waals surface area contributed by atoms with Crippen LogP contribution in [0.15, 0.2) is 149 Å². The maximum atomic E-state index is 6.59. The number of anilines is 3. The van der Waals surface area contributed by atoms with Gasteiger partial charge >= 0.3 is 0 Å². The first-order chi connectivity index (χ1) is 23.4. The third kappa shape index (κ3) is 4.22. The molecule has 4 nitrogen and oxygen atoms in total. The van der Waals surface area contributed by atoms with Crippen LogP contribution in [-0.2, 0) is 5.54 Å². The Morgan fingerprint density at radius 3 is 2.08 bits per heavy atom. The largest absolute Gasteiger partial charge is 0.461 e. The number of para-hydroxylation sites is 4. The van der Waals surface area contributed by atoms with E-state index in [4.69, 9.17) is 8.83 Å². The first-order valence-corrected chi connectivity index (χ1v) is 16.4. The normalized spacial score (nSPS) is 12.1. The molecule has 3 heterocycles. The molecule has 232 valence electrons. The number of nitrogens with zero attached hydrogens (tertiary/aromatic N) is 2. The van der Waals surface area contributed by atoms with Crippen LogP contribution < -0.4 is 4.90 Å². The zero-order valence-corrected chi connectivity index (χ0v) is 27.2. The Morgan fingerprint density at radius 2 is 1.27 bits per heavy atom. The Morgan fingerprint density at radius 1 is 0.604 bits per heavy atom. The topological polar surface area (TPSA) is 34.5 Å². The molecular formula is C44H34N2O2. The van der Waals surface area contributed by atoms with E-state index in [1.165, 1.54) is 21.8 Å². The minimum Gasteiger partial charge on any atom is -0.461 e. The van der Waals surface area contributed by atoms with Crippen molar-refractivity contribution in [3.05, 3.63) is 146 Å². The van der Waals surface area contributed by atoms with Gasteiger partial charge in [-0.15, -0.1) is 0 Å². The highest BCUT2D eigenvalue weighted by atomic mass is 16.3. The Balaban J connectivity index is 1.28.